The molecule has 0 atom stereocenters. The van der Waals surface area contributed by atoms with Crippen LogP contribution in [-0.2, 0) is 0 Å². The summed E-state index contributed by atoms with van der Waals surface area (Å²) >= 11 is 1.69. The maximum absolute atomic E-state index is 11.1. The van der Waals surface area contributed by atoms with Gasteiger partial charge in [-0.3, -0.25) is 0 Å². The lowest BCUT2D eigenvalue weighted by Gasteiger charge is -2.13. The molecule has 114 valence electrons. The molecule has 0 fully saturated rings. The van der Waals surface area contributed by atoms with Crippen molar-refractivity contribution in [1.29, 1.82) is 0 Å². The Labute approximate surface area is 143 Å². The third-order valence-corrected chi connectivity index (χ3v) is 5.58. The van der Waals surface area contributed by atoms with Gasteiger partial charge in [-0.15, -0.1) is 11.3 Å². The Balaban J connectivity index is 2.05. The van der Waals surface area contributed by atoms with Gasteiger partial charge in [-0.05, 0) is 33.8 Å². The zero-order chi connectivity index (χ0) is 16.1. The molecule has 24 heavy (non-hydrogen) atoms. The summed E-state index contributed by atoms with van der Waals surface area (Å²) in [6.07, 6.45) is 0. The highest BCUT2D eigenvalue weighted by Gasteiger charge is 2.17. The Bertz CT molecular complexity index is 1200. The highest BCUT2D eigenvalue weighted by molar-refractivity contribution is 7.18. The minimum absolute atomic E-state index is 0.372. The number of hydrogen-bond donors (Lipinski definition) is 1. The Morgan fingerprint density at radius 2 is 1.46 bits per heavy atom. The highest BCUT2D eigenvalue weighted by atomic mass is 32.1. The van der Waals surface area contributed by atoms with Gasteiger partial charge in [-0.25, -0.2) is 0 Å². The fourth-order valence-corrected chi connectivity index (χ4v) is 4.54. The van der Waals surface area contributed by atoms with E-state index in [1.807, 2.05) is 24.3 Å². The Hall–Kier alpha value is -2.84. The molecule has 1 aromatic heterocycles. The summed E-state index contributed by atoms with van der Waals surface area (Å²) in [6.45, 7) is 0. The molecule has 0 amide bonds. The van der Waals surface area contributed by atoms with Gasteiger partial charge in [0.15, 0.2) is 0 Å². The standard InChI is InChI=1S/C22H14OS/c23-21-17-11-10-14-6-4-5-9-16(14)20(17)18-12-13-24-22(18)19(21)15-7-2-1-3-8-15/h1-13,23H. The molecule has 0 saturated heterocycles. The summed E-state index contributed by atoms with van der Waals surface area (Å²) in [5, 5.41) is 18.8. The average molecular weight is 326 g/mol. The maximum Gasteiger partial charge on any atom is 0.132 e. The SMILES string of the molecule is Oc1c(-c2ccccc2)c2sccc2c2c1ccc1ccccc12. The van der Waals surface area contributed by atoms with Crippen molar-refractivity contribution in [3.8, 4) is 16.9 Å². The Morgan fingerprint density at radius 3 is 2.33 bits per heavy atom. The molecule has 0 spiro atoms. The topological polar surface area (TPSA) is 20.2 Å². The van der Waals surface area contributed by atoms with E-state index in [2.05, 4.69) is 53.9 Å². The van der Waals surface area contributed by atoms with Gasteiger partial charge in [0, 0.05) is 26.4 Å². The van der Waals surface area contributed by atoms with Crippen molar-refractivity contribution in [2.45, 2.75) is 0 Å². The summed E-state index contributed by atoms with van der Waals surface area (Å²) in [5.74, 6) is 0.372. The zero-order valence-electron chi connectivity index (χ0n) is 12.9. The lowest BCUT2D eigenvalue weighted by molar-refractivity contribution is 0.484. The summed E-state index contributed by atoms with van der Waals surface area (Å²) in [4.78, 5) is 0. The molecule has 1 nitrogen and oxygen atoms in total. The third-order valence-electron chi connectivity index (χ3n) is 4.65. The first-order chi connectivity index (χ1) is 11.8. The lowest BCUT2D eigenvalue weighted by Crippen LogP contribution is -1.85. The van der Waals surface area contributed by atoms with Crippen molar-refractivity contribution < 1.29 is 5.11 Å². The Kier molecular flexibility index (Phi) is 2.88. The van der Waals surface area contributed by atoms with E-state index in [4.69, 9.17) is 0 Å². The van der Waals surface area contributed by atoms with E-state index >= 15 is 0 Å². The first kappa shape index (κ1) is 13.6. The van der Waals surface area contributed by atoms with E-state index in [1.54, 1.807) is 11.3 Å². The van der Waals surface area contributed by atoms with Crippen LogP contribution in [0.2, 0.25) is 0 Å². The van der Waals surface area contributed by atoms with Gasteiger partial charge < -0.3 is 5.11 Å². The number of rotatable bonds is 1. The zero-order valence-corrected chi connectivity index (χ0v) is 13.7. The minimum atomic E-state index is 0.372. The molecule has 2 heteroatoms. The van der Waals surface area contributed by atoms with Crippen molar-refractivity contribution in [3.05, 3.63) is 78.2 Å². The van der Waals surface area contributed by atoms with Gasteiger partial charge in [-0.2, -0.15) is 0 Å². The molecule has 0 radical (unpaired) electrons. The average Bonchev–Trinajstić information content (AvgIpc) is 3.11. The van der Waals surface area contributed by atoms with Crippen LogP contribution in [0.4, 0.5) is 0 Å². The van der Waals surface area contributed by atoms with Crippen molar-refractivity contribution in [2.75, 3.05) is 0 Å². The normalized spacial score (nSPS) is 11.5. The maximum atomic E-state index is 11.1. The number of phenolic OH excluding ortho intramolecular Hbond substituents is 1. The van der Waals surface area contributed by atoms with Crippen LogP contribution in [0.5, 0.6) is 5.75 Å². The van der Waals surface area contributed by atoms with Crippen LogP contribution >= 0.6 is 11.3 Å². The largest absolute Gasteiger partial charge is 0.507 e. The second-order valence-corrected chi connectivity index (χ2v) is 6.88. The van der Waals surface area contributed by atoms with Crippen molar-refractivity contribution in [1.82, 2.24) is 0 Å². The van der Waals surface area contributed by atoms with Crippen molar-refractivity contribution in [2.24, 2.45) is 0 Å². The number of benzene rings is 4. The first-order valence-electron chi connectivity index (χ1n) is 7.93. The molecule has 0 bridgehead atoms. The second-order valence-electron chi connectivity index (χ2n) is 5.96. The van der Waals surface area contributed by atoms with Gasteiger partial charge in [0.2, 0.25) is 0 Å². The quantitative estimate of drug-likeness (QED) is 0.345. The fraction of sp³-hybridized carbons (Fsp3) is 0. The highest BCUT2D eigenvalue weighted by Crippen LogP contribution is 2.47. The van der Waals surface area contributed by atoms with E-state index in [1.165, 1.54) is 16.2 Å². The molecule has 5 rings (SSSR count). The lowest BCUT2D eigenvalue weighted by atomic mass is 9.93. The second kappa shape index (κ2) is 5.08. The third kappa shape index (κ3) is 1.81. The van der Waals surface area contributed by atoms with Gasteiger partial charge in [-0.1, -0.05) is 60.7 Å². The van der Waals surface area contributed by atoms with E-state index in [9.17, 15) is 5.11 Å². The van der Waals surface area contributed by atoms with Crippen LogP contribution in [0.25, 0.3) is 42.8 Å². The number of aromatic hydroxyl groups is 1. The molecule has 5 aromatic rings. The summed E-state index contributed by atoms with van der Waals surface area (Å²) in [6, 6.07) is 24.8. The summed E-state index contributed by atoms with van der Waals surface area (Å²) < 4.78 is 1.14. The van der Waals surface area contributed by atoms with Crippen LogP contribution in [0.15, 0.2) is 78.2 Å². The smallest absolute Gasteiger partial charge is 0.132 e. The fourth-order valence-electron chi connectivity index (χ4n) is 3.57. The van der Waals surface area contributed by atoms with E-state index in [0.717, 1.165) is 26.6 Å². The molecular weight excluding hydrogens is 312 g/mol. The van der Waals surface area contributed by atoms with Gasteiger partial charge in [0.25, 0.3) is 0 Å². The number of thiophene rings is 1. The molecule has 0 aliphatic heterocycles. The van der Waals surface area contributed by atoms with Gasteiger partial charge >= 0.3 is 0 Å². The molecule has 4 aromatic carbocycles. The van der Waals surface area contributed by atoms with Crippen LogP contribution in [0.3, 0.4) is 0 Å². The Morgan fingerprint density at radius 1 is 0.667 bits per heavy atom. The van der Waals surface area contributed by atoms with Gasteiger partial charge in [0.05, 0.1) is 0 Å². The summed E-state index contributed by atoms with van der Waals surface area (Å²) in [7, 11) is 0. The molecule has 0 unspecified atom stereocenters. The minimum Gasteiger partial charge on any atom is -0.507 e. The molecular formula is C22H14OS. The van der Waals surface area contributed by atoms with Crippen LogP contribution in [0.1, 0.15) is 0 Å². The number of fused-ring (bicyclic) bond motifs is 5. The van der Waals surface area contributed by atoms with E-state index in [0.29, 0.717) is 5.75 Å². The number of phenols is 1. The molecule has 0 saturated carbocycles. The number of hydrogen-bond acceptors (Lipinski definition) is 2. The predicted octanol–water partition coefficient (Wildman–Crippen LogP) is 6.58. The first-order valence-corrected chi connectivity index (χ1v) is 8.81. The van der Waals surface area contributed by atoms with Crippen LogP contribution in [0, 0.1) is 0 Å². The molecule has 1 heterocycles. The van der Waals surface area contributed by atoms with Crippen molar-refractivity contribution in [3.63, 3.8) is 0 Å². The van der Waals surface area contributed by atoms with Crippen molar-refractivity contribution >= 4 is 43.0 Å². The van der Waals surface area contributed by atoms with E-state index < -0.39 is 0 Å². The monoisotopic (exact) mass is 326 g/mol. The summed E-state index contributed by atoms with van der Waals surface area (Å²) in [5.41, 5.74) is 1.99. The molecule has 0 aliphatic rings. The van der Waals surface area contributed by atoms with Gasteiger partial charge in [0.1, 0.15) is 5.75 Å². The molecule has 0 aliphatic carbocycles. The van der Waals surface area contributed by atoms with Crippen LogP contribution in [-0.4, -0.2) is 5.11 Å². The predicted molar refractivity (Wildman–Crippen MR) is 104 cm³/mol. The molecule has 1 N–H and O–H groups in total. The van der Waals surface area contributed by atoms with E-state index in [-0.39, 0.29) is 0 Å². The van der Waals surface area contributed by atoms with Crippen LogP contribution < -0.4 is 0 Å².